The van der Waals surface area contributed by atoms with Crippen molar-refractivity contribution in [2.24, 2.45) is 11.3 Å². The average Bonchev–Trinajstić information content (AvgIpc) is 2.99. The van der Waals surface area contributed by atoms with E-state index in [1.165, 1.54) is 12.1 Å². The number of nitriles is 1. The molecule has 3 rings (SSSR count). The molecule has 1 aliphatic heterocycles. The zero-order valence-electron chi connectivity index (χ0n) is 13.4. The molecule has 1 aromatic carbocycles. The summed E-state index contributed by atoms with van der Waals surface area (Å²) in [6.07, 6.45) is 0.394. The molecule has 0 aromatic heterocycles. The smallest absolute Gasteiger partial charge is 0.258 e. The fraction of sp³-hybridized carbons (Fsp3) is 0.529. The summed E-state index contributed by atoms with van der Waals surface area (Å²) < 4.78 is 27.6. The standard InChI is InChI=1S/C17H18ClF2N3O/c1-10(23-6-5-16(2)14(9-23)17(16,19)20)15(24)22-12-4-3-11(8-21)13(18)7-12/h3-4,7,10,14H,5-6,9H2,1-2H3,(H,22,24). The second-order valence-corrected chi connectivity index (χ2v) is 7.22. The molecule has 1 N–H and O–H groups in total. The Morgan fingerprint density at radius 1 is 1.54 bits per heavy atom. The highest BCUT2D eigenvalue weighted by molar-refractivity contribution is 6.32. The number of halogens is 3. The lowest BCUT2D eigenvalue weighted by Crippen LogP contribution is -2.46. The average molecular weight is 354 g/mol. The van der Waals surface area contributed by atoms with Gasteiger partial charge < -0.3 is 5.32 Å². The van der Waals surface area contributed by atoms with Crippen molar-refractivity contribution in [1.29, 1.82) is 5.26 Å². The molecule has 7 heteroatoms. The third-order valence-electron chi connectivity index (χ3n) is 5.50. The van der Waals surface area contributed by atoms with Gasteiger partial charge in [0.2, 0.25) is 5.91 Å². The minimum atomic E-state index is -2.63. The molecule has 1 amide bonds. The number of amides is 1. The largest absolute Gasteiger partial charge is 0.325 e. The molecule has 1 heterocycles. The molecule has 1 saturated heterocycles. The maximum Gasteiger partial charge on any atom is 0.258 e. The van der Waals surface area contributed by atoms with Gasteiger partial charge in [0.05, 0.1) is 16.6 Å². The van der Waals surface area contributed by atoms with Crippen molar-refractivity contribution in [2.45, 2.75) is 32.2 Å². The number of likely N-dealkylation sites (tertiary alicyclic amines) is 1. The van der Waals surface area contributed by atoms with Crippen LogP contribution in [0.15, 0.2) is 18.2 Å². The molecule has 0 bridgehead atoms. The van der Waals surface area contributed by atoms with Gasteiger partial charge in [0, 0.05) is 23.6 Å². The molecule has 128 valence electrons. The molecule has 24 heavy (non-hydrogen) atoms. The van der Waals surface area contributed by atoms with Crippen molar-refractivity contribution < 1.29 is 13.6 Å². The van der Waals surface area contributed by atoms with Gasteiger partial charge in [-0.05, 0) is 38.1 Å². The number of hydrogen-bond acceptors (Lipinski definition) is 3. The lowest BCUT2D eigenvalue weighted by molar-refractivity contribution is -0.121. The van der Waals surface area contributed by atoms with Crippen LogP contribution in [0, 0.1) is 22.7 Å². The molecule has 2 aliphatic rings. The van der Waals surface area contributed by atoms with Crippen LogP contribution >= 0.6 is 11.6 Å². The number of nitrogens with zero attached hydrogens (tertiary/aromatic N) is 2. The summed E-state index contributed by atoms with van der Waals surface area (Å²) in [7, 11) is 0. The highest BCUT2D eigenvalue weighted by Crippen LogP contribution is 2.69. The van der Waals surface area contributed by atoms with Gasteiger partial charge in [-0.25, -0.2) is 8.78 Å². The van der Waals surface area contributed by atoms with Crippen LogP contribution in [0.2, 0.25) is 5.02 Å². The van der Waals surface area contributed by atoms with Gasteiger partial charge in [0.15, 0.2) is 0 Å². The number of alkyl halides is 2. The van der Waals surface area contributed by atoms with E-state index in [0.29, 0.717) is 24.2 Å². The predicted octanol–water partition coefficient (Wildman–Crippen LogP) is 3.52. The number of carbonyl (C=O) groups is 1. The first-order chi connectivity index (χ1) is 11.2. The van der Waals surface area contributed by atoms with E-state index < -0.39 is 23.3 Å². The van der Waals surface area contributed by atoms with Crippen LogP contribution in [-0.2, 0) is 4.79 Å². The van der Waals surface area contributed by atoms with E-state index in [2.05, 4.69) is 5.32 Å². The minimum absolute atomic E-state index is 0.228. The van der Waals surface area contributed by atoms with Gasteiger partial charge in [0.1, 0.15) is 6.07 Å². The molecule has 0 spiro atoms. The van der Waals surface area contributed by atoms with E-state index in [1.54, 1.807) is 24.8 Å². The van der Waals surface area contributed by atoms with Gasteiger partial charge in [-0.15, -0.1) is 0 Å². The van der Waals surface area contributed by atoms with E-state index in [9.17, 15) is 13.6 Å². The van der Waals surface area contributed by atoms with Crippen LogP contribution < -0.4 is 5.32 Å². The van der Waals surface area contributed by atoms with Crippen molar-refractivity contribution in [3.05, 3.63) is 28.8 Å². The highest BCUT2D eigenvalue weighted by atomic mass is 35.5. The van der Waals surface area contributed by atoms with E-state index in [-0.39, 0.29) is 17.5 Å². The zero-order chi connectivity index (χ0) is 17.7. The first kappa shape index (κ1) is 17.1. The molecule has 0 radical (unpaired) electrons. The van der Waals surface area contributed by atoms with Crippen LogP contribution in [0.4, 0.5) is 14.5 Å². The monoisotopic (exact) mass is 353 g/mol. The molecule has 1 saturated carbocycles. The molecule has 1 aromatic rings. The van der Waals surface area contributed by atoms with E-state index in [0.717, 1.165) is 0 Å². The number of carbonyl (C=O) groups excluding carboxylic acids is 1. The van der Waals surface area contributed by atoms with Crippen LogP contribution in [0.5, 0.6) is 0 Å². The molecular weight excluding hydrogens is 336 g/mol. The van der Waals surface area contributed by atoms with E-state index >= 15 is 0 Å². The first-order valence-corrected chi connectivity index (χ1v) is 8.21. The molecule has 3 atom stereocenters. The zero-order valence-corrected chi connectivity index (χ0v) is 14.2. The second kappa shape index (κ2) is 5.68. The minimum Gasteiger partial charge on any atom is -0.325 e. The van der Waals surface area contributed by atoms with Crippen LogP contribution in [0.1, 0.15) is 25.8 Å². The van der Waals surface area contributed by atoms with Crippen LogP contribution in [-0.4, -0.2) is 35.9 Å². The van der Waals surface area contributed by atoms with Gasteiger partial charge in [-0.1, -0.05) is 18.5 Å². The summed E-state index contributed by atoms with van der Waals surface area (Å²) in [6.45, 7) is 4.04. The summed E-state index contributed by atoms with van der Waals surface area (Å²) in [5.41, 5.74) is -0.0937. The number of hydrogen-bond donors (Lipinski definition) is 1. The van der Waals surface area contributed by atoms with E-state index in [4.69, 9.17) is 16.9 Å². The highest BCUT2D eigenvalue weighted by Gasteiger charge is 2.78. The quantitative estimate of drug-likeness (QED) is 0.904. The maximum absolute atomic E-state index is 13.8. The lowest BCUT2D eigenvalue weighted by Gasteiger charge is -2.32. The Morgan fingerprint density at radius 3 is 2.83 bits per heavy atom. The van der Waals surface area contributed by atoms with Crippen molar-refractivity contribution in [1.82, 2.24) is 4.90 Å². The predicted molar refractivity (Wildman–Crippen MR) is 87.0 cm³/mol. The van der Waals surface area contributed by atoms with Gasteiger partial charge in [0.25, 0.3) is 5.92 Å². The Bertz CT molecular complexity index is 733. The topological polar surface area (TPSA) is 56.1 Å². The summed E-state index contributed by atoms with van der Waals surface area (Å²) in [6, 6.07) is 6.06. The summed E-state index contributed by atoms with van der Waals surface area (Å²) >= 11 is 5.95. The Morgan fingerprint density at radius 2 is 2.25 bits per heavy atom. The van der Waals surface area contributed by atoms with Crippen molar-refractivity contribution in [2.75, 3.05) is 18.4 Å². The normalized spacial score (nSPS) is 29.2. The number of benzene rings is 1. The molecule has 2 fully saturated rings. The SMILES string of the molecule is CC(C(=O)Nc1ccc(C#N)c(Cl)c1)N1CCC2(C)C(C1)C2(F)F. The Labute approximate surface area is 144 Å². The number of piperidine rings is 1. The molecule has 3 unspecified atom stereocenters. The maximum atomic E-state index is 13.8. The van der Waals surface area contributed by atoms with E-state index in [1.807, 2.05) is 6.07 Å². The first-order valence-electron chi connectivity index (χ1n) is 7.83. The summed E-state index contributed by atoms with van der Waals surface area (Å²) in [5.74, 6) is -3.57. The van der Waals surface area contributed by atoms with Crippen molar-refractivity contribution in [3.8, 4) is 6.07 Å². The summed E-state index contributed by atoms with van der Waals surface area (Å²) in [4.78, 5) is 14.2. The van der Waals surface area contributed by atoms with Gasteiger partial charge >= 0.3 is 0 Å². The third kappa shape index (κ3) is 2.56. The molecule has 1 aliphatic carbocycles. The number of rotatable bonds is 3. The number of nitrogens with one attached hydrogen (secondary N) is 1. The van der Waals surface area contributed by atoms with Gasteiger partial charge in [-0.2, -0.15) is 5.26 Å². The molecule has 4 nitrogen and oxygen atoms in total. The third-order valence-corrected chi connectivity index (χ3v) is 5.82. The lowest BCUT2D eigenvalue weighted by atomic mass is 9.96. The fourth-order valence-corrected chi connectivity index (χ4v) is 3.70. The van der Waals surface area contributed by atoms with Crippen LogP contribution in [0.25, 0.3) is 0 Å². The number of anilines is 1. The summed E-state index contributed by atoms with van der Waals surface area (Å²) in [5, 5.41) is 11.8. The van der Waals surface area contributed by atoms with Crippen molar-refractivity contribution in [3.63, 3.8) is 0 Å². The van der Waals surface area contributed by atoms with Gasteiger partial charge in [-0.3, -0.25) is 9.69 Å². The number of fused-ring (bicyclic) bond motifs is 1. The Kier molecular flexibility index (Phi) is 4.05. The van der Waals surface area contributed by atoms with Crippen LogP contribution in [0.3, 0.4) is 0 Å². The Balaban J connectivity index is 1.64. The fourth-order valence-electron chi connectivity index (χ4n) is 3.48. The second-order valence-electron chi connectivity index (χ2n) is 6.81. The molecular formula is C17H18ClF2N3O. The Hall–Kier alpha value is -1.71. The van der Waals surface area contributed by atoms with Crippen molar-refractivity contribution >= 4 is 23.2 Å².